The first-order valence-electron chi connectivity index (χ1n) is 17.4. The molecule has 0 amide bonds. The fraction of sp³-hybridized carbons (Fsp3) is 0.463. The van der Waals surface area contributed by atoms with Gasteiger partial charge in [-0.05, 0) is 13.8 Å². The van der Waals surface area contributed by atoms with Gasteiger partial charge in [0.05, 0.1) is 32.3 Å². The van der Waals surface area contributed by atoms with Gasteiger partial charge in [-0.15, -0.1) is 44.1 Å². The van der Waals surface area contributed by atoms with Crippen molar-refractivity contribution in [2.24, 2.45) is 5.92 Å². The molecule has 1 aliphatic rings. The van der Waals surface area contributed by atoms with E-state index in [1.807, 2.05) is 0 Å². The maximum Gasteiger partial charge on any atom is 0.154 e. The van der Waals surface area contributed by atoms with Crippen LogP contribution in [0.25, 0.3) is 0 Å². The molecule has 1 aliphatic carbocycles. The minimum absolute atomic E-state index is 0. The first-order valence-corrected chi connectivity index (χ1v) is 32.9. The molecular weight excluding hydrogens is 787 g/mol. The van der Waals surface area contributed by atoms with Gasteiger partial charge in [-0.2, -0.15) is 11.1 Å². The van der Waals surface area contributed by atoms with Crippen molar-refractivity contribution in [2.75, 3.05) is 0 Å². The molecule has 277 valence electrons. The first-order chi connectivity index (χ1) is 20.8. The van der Waals surface area contributed by atoms with Gasteiger partial charge in [0.1, 0.15) is 0 Å². The van der Waals surface area contributed by atoms with Gasteiger partial charge < -0.3 is 0 Å². The standard InChI is InChI=1S/C32H51Si5.C9H13.3ClH.Ti/c1-24-15-25(2)17-26(16-24)33(27-18-29(34(3,4)5)22-30(19-27)35(6,7)8)28-20-31(36(9,10)11)23-32(21-28)37(12,13)14;1-6-5-7(2)9(4)8(6)3;;;;/h15-23H,1-14H3;6H,1-4H3;3*1H;/q;-1;;;;. The number of aryl methyl sites for hydroxylation is 2. The van der Waals surface area contributed by atoms with Crippen LogP contribution in [0.2, 0.25) is 78.6 Å². The van der Waals surface area contributed by atoms with Gasteiger partial charge in [-0.1, -0.05) is 207 Å². The van der Waals surface area contributed by atoms with Crippen molar-refractivity contribution in [3.05, 3.63) is 88.5 Å². The summed E-state index contributed by atoms with van der Waals surface area (Å²) in [4.78, 5) is 0. The average molecular weight is 855 g/mol. The van der Waals surface area contributed by atoms with E-state index in [1.54, 1.807) is 36.3 Å². The summed E-state index contributed by atoms with van der Waals surface area (Å²) in [5, 5.41) is 11.2. The van der Waals surface area contributed by atoms with Crippen LogP contribution in [0.4, 0.5) is 0 Å². The maximum absolute atomic E-state index is 3.36. The molecule has 0 nitrogen and oxygen atoms in total. The Balaban J connectivity index is 0. The third kappa shape index (κ3) is 13.6. The predicted molar refractivity (Wildman–Crippen MR) is 247 cm³/mol. The smallest absolute Gasteiger partial charge is 0.154 e. The van der Waals surface area contributed by atoms with Crippen LogP contribution in [0, 0.1) is 25.8 Å². The molecule has 0 aromatic heterocycles. The number of halogens is 3. The van der Waals surface area contributed by atoms with Gasteiger partial charge in [0.15, 0.2) is 8.80 Å². The summed E-state index contributed by atoms with van der Waals surface area (Å²) >= 11 is 0. The molecule has 4 rings (SSSR count). The molecule has 0 spiro atoms. The van der Waals surface area contributed by atoms with Crippen molar-refractivity contribution < 1.29 is 21.7 Å². The van der Waals surface area contributed by atoms with Crippen LogP contribution in [0.3, 0.4) is 0 Å². The number of hydrogen-bond donors (Lipinski definition) is 0. The Morgan fingerprint density at radius 1 is 0.460 bits per heavy atom. The van der Waals surface area contributed by atoms with Gasteiger partial charge in [-0.3, -0.25) is 6.08 Å². The zero-order valence-corrected chi connectivity index (χ0v) is 43.5. The van der Waals surface area contributed by atoms with Crippen LogP contribution >= 0.6 is 37.2 Å². The van der Waals surface area contributed by atoms with E-state index < -0.39 is 41.1 Å². The third-order valence-corrected chi connectivity index (χ3v) is 20.3. The van der Waals surface area contributed by atoms with E-state index in [4.69, 9.17) is 0 Å². The topological polar surface area (TPSA) is 0 Å². The first kappa shape index (κ1) is 51.9. The second-order valence-corrected chi connectivity index (χ2v) is 40.9. The van der Waals surface area contributed by atoms with Gasteiger partial charge in [0.2, 0.25) is 0 Å². The van der Waals surface area contributed by atoms with Crippen molar-refractivity contribution in [2.45, 2.75) is 120 Å². The van der Waals surface area contributed by atoms with E-state index in [0.29, 0.717) is 5.92 Å². The van der Waals surface area contributed by atoms with Gasteiger partial charge in [0.25, 0.3) is 0 Å². The van der Waals surface area contributed by atoms with Crippen LogP contribution in [-0.4, -0.2) is 41.1 Å². The summed E-state index contributed by atoms with van der Waals surface area (Å²) in [6.45, 7) is 43.4. The van der Waals surface area contributed by atoms with E-state index in [2.05, 4.69) is 181 Å². The molecule has 0 bridgehead atoms. The average Bonchev–Trinajstić information content (AvgIpc) is 3.11. The Morgan fingerprint density at radius 3 is 0.940 bits per heavy atom. The van der Waals surface area contributed by atoms with E-state index in [-0.39, 0.29) is 58.9 Å². The van der Waals surface area contributed by atoms with Gasteiger partial charge in [0, 0.05) is 21.7 Å². The summed E-state index contributed by atoms with van der Waals surface area (Å²) in [5.41, 5.74) is 7.02. The number of hydrogen-bond acceptors (Lipinski definition) is 0. The zero-order valence-electron chi connectivity index (χ0n) is 34.5. The second-order valence-electron chi connectivity index (χ2n) is 18.1. The molecule has 3 aromatic rings. The molecule has 0 heterocycles. The zero-order chi connectivity index (χ0) is 35.2. The molecule has 0 saturated heterocycles. The molecule has 1 atom stereocenters. The molecule has 0 fully saturated rings. The normalized spacial score (nSPS) is 14.8. The van der Waals surface area contributed by atoms with Crippen LogP contribution < -0.4 is 36.3 Å². The molecule has 0 saturated carbocycles. The molecule has 0 N–H and O–H groups in total. The van der Waals surface area contributed by atoms with Crippen molar-refractivity contribution in [3.63, 3.8) is 0 Å². The molecule has 1 radical (unpaired) electrons. The Labute approximate surface area is 348 Å². The van der Waals surface area contributed by atoms with E-state index in [9.17, 15) is 0 Å². The molecular formula is C41H67Cl3Si5Ti-. The van der Waals surface area contributed by atoms with Gasteiger partial charge >= 0.3 is 0 Å². The van der Waals surface area contributed by atoms with Crippen molar-refractivity contribution in [1.82, 2.24) is 0 Å². The minimum atomic E-state index is -1.47. The number of rotatable bonds is 7. The summed E-state index contributed by atoms with van der Waals surface area (Å²) in [6, 6.07) is 23.0. The Hall–Kier alpha value is -0.191. The largest absolute Gasteiger partial charge is 0.266 e. The van der Waals surface area contributed by atoms with E-state index >= 15 is 0 Å². The van der Waals surface area contributed by atoms with Crippen molar-refractivity contribution in [3.8, 4) is 0 Å². The molecule has 50 heavy (non-hydrogen) atoms. The fourth-order valence-corrected chi connectivity index (χ4v) is 14.6. The van der Waals surface area contributed by atoms with Crippen molar-refractivity contribution >= 4 is 115 Å². The fourth-order valence-electron chi connectivity index (χ4n) is 6.06. The van der Waals surface area contributed by atoms with Crippen LogP contribution in [0.15, 0.2) is 71.3 Å². The maximum atomic E-state index is 3.36. The second kappa shape index (κ2) is 19.4. The van der Waals surface area contributed by atoms with Crippen LogP contribution in [-0.2, 0) is 21.7 Å². The van der Waals surface area contributed by atoms with E-state index in [1.165, 1.54) is 27.8 Å². The minimum Gasteiger partial charge on any atom is -0.266 e. The monoisotopic (exact) mass is 852 g/mol. The van der Waals surface area contributed by atoms with Crippen molar-refractivity contribution in [1.29, 1.82) is 0 Å². The predicted octanol–water partition coefficient (Wildman–Crippen LogP) is 8.99. The number of benzene rings is 3. The molecule has 1 unspecified atom stereocenters. The third-order valence-electron chi connectivity index (χ3n) is 9.65. The summed E-state index contributed by atoms with van der Waals surface area (Å²) in [6.07, 6.45) is 3.36. The Morgan fingerprint density at radius 2 is 0.740 bits per heavy atom. The number of allylic oxidation sites excluding steroid dienone is 4. The molecule has 9 heteroatoms. The molecule has 0 aliphatic heterocycles. The van der Waals surface area contributed by atoms with E-state index in [0.717, 1.165) is 0 Å². The Kier molecular flexibility index (Phi) is 20.2. The summed E-state index contributed by atoms with van der Waals surface area (Å²) in [7, 11) is -7.05. The SMILES string of the molecule is CC1=[C-]C(C)C(C)=C1C.Cc1cc(C)cc([Si](c2cc([Si](C)(C)C)cc([Si](C)(C)C)c2)c2cc([Si](C)(C)C)cc([Si](C)(C)C)c2)c1.Cl.Cl.Cl.[Ti]. The summed E-state index contributed by atoms with van der Waals surface area (Å²) in [5.74, 6) is 0.560. The summed E-state index contributed by atoms with van der Waals surface area (Å²) < 4.78 is 0. The molecule has 3 aromatic carbocycles. The van der Waals surface area contributed by atoms with Gasteiger partial charge in [-0.25, -0.2) is 5.57 Å². The Bertz CT molecular complexity index is 1490. The quantitative estimate of drug-likeness (QED) is 0.127. The van der Waals surface area contributed by atoms with Crippen LogP contribution in [0.1, 0.15) is 38.8 Å². The van der Waals surface area contributed by atoms with Crippen LogP contribution in [0.5, 0.6) is 0 Å².